The van der Waals surface area contributed by atoms with Gasteiger partial charge in [-0.05, 0) is 42.8 Å². The third kappa shape index (κ3) is 3.84. The summed E-state index contributed by atoms with van der Waals surface area (Å²) in [7, 11) is 0. The molecule has 0 saturated heterocycles. The third-order valence-electron chi connectivity index (χ3n) is 4.76. The van der Waals surface area contributed by atoms with E-state index < -0.39 is 5.69 Å². The minimum absolute atomic E-state index is 0.273. The molecule has 0 unspecified atom stereocenters. The third-order valence-corrected chi connectivity index (χ3v) is 5.29. The monoisotopic (exact) mass is 467 g/mol. The van der Waals surface area contributed by atoms with Gasteiger partial charge in [-0.15, -0.1) is 0 Å². The number of aromatic nitrogens is 4. The zero-order chi connectivity index (χ0) is 21.3. The second kappa shape index (κ2) is 8.11. The number of amides is 1. The molecule has 0 aliphatic rings. The van der Waals surface area contributed by atoms with E-state index in [1.165, 1.54) is 6.07 Å². The van der Waals surface area contributed by atoms with Crippen molar-refractivity contribution in [2.45, 2.75) is 20.0 Å². The molecule has 2 heterocycles. The van der Waals surface area contributed by atoms with E-state index in [0.29, 0.717) is 28.8 Å². The fraction of sp³-hybridized carbons (Fsp3) is 0.143. The molecule has 1 amide bonds. The highest BCUT2D eigenvalue weighted by atomic mass is 79.9. The van der Waals surface area contributed by atoms with Crippen molar-refractivity contribution in [2.75, 3.05) is 5.32 Å². The predicted octanol–water partition coefficient (Wildman–Crippen LogP) is 2.97. The second-order valence-corrected chi connectivity index (χ2v) is 7.61. The highest BCUT2D eigenvalue weighted by molar-refractivity contribution is 9.10. The largest absolute Gasteiger partial charge is 0.328 e. The minimum atomic E-state index is -0.500. The fourth-order valence-corrected chi connectivity index (χ4v) is 3.46. The fourth-order valence-electron chi connectivity index (χ4n) is 3.20. The van der Waals surface area contributed by atoms with Crippen LogP contribution in [-0.2, 0) is 13.1 Å². The molecule has 0 fully saturated rings. The number of benzene rings is 2. The van der Waals surface area contributed by atoms with Crippen LogP contribution in [0.3, 0.4) is 0 Å². The first-order valence-corrected chi connectivity index (χ1v) is 10.1. The summed E-state index contributed by atoms with van der Waals surface area (Å²) in [5.41, 5.74) is 0.803. The lowest BCUT2D eigenvalue weighted by Crippen LogP contribution is -2.34. The SMILES string of the molecule is CCn1c(=O)[nH]c2cc(C(=O)Nc3ccnn3Cc3ccc(Br)cc3)ccc2c1=O. The lowest BCUT2D eigenvalue weighted by Gasteiger charge is -2.10. The zero-order valence-electron chi connectivity index (χ0n) is 16.1. The number of carbonyl (C=O) groups excluding carboxylic acids is 1. The molecule has 4 aromatic rings. The van der Waals surface area contributed by atoms with Crippen molar-refractivity contribution in [3.63, 3.8) is 0 Å². The van der Waals surface area contributed by atoms with Crippen LogP contribution < -0.4 is 16.6 Å². The van der Waals surface area contributed by atoms with E-state index >= 15 is 0 Å². The Labute approximate surface area is 179 Å². The van der Waals surface area contributed by atoms with E-state index in [9.17, 15) is 14.4 Å². The summed E-state index contributed by atoms with van der Waals surface area (Å²) >= 11 is 3.41. The van der Waals surface area contributed by atoms with Crippen molar-refractivity contribution in [2.24, 2.45) is 0 Å². The van der Waals surface area contributed by atoms with Gasteiger partial charge in [-0.2, -0.15) is 5.10 Å². The van der Waals surface area contributed by atoms with E-state index in [-0.39, 0.29) is 18.0 Å². The van der Waals surface area contributed by atoms with Crippen LogP contribution in [0.5, 0.6) is 0 Å². The first-order valence-electron chi connectivity index (χ1n) is 9.30. The quantitative estimate of drug-likeness (QED) is 0.470. The topological polar surface area (TPSA) is 102 Å². The summed E-state index contributed by atoms with van der Waals surface area (Å²) in [6.07, 6.45) is 1.61. The van der Waals surface area contributed by atoms with Gasteiger partial charge in [0.1, 0.15) is 5.82 Å². The Kier molecular flexibility index (Phi) is 5.37. The van der Waals surface area contributed by atoms with Crippen molar-refractivity contribution in [1.29, 1.82) is 0 Å². The second-order valence-electron chi connectivity index (χ2n) is 6.69. The van der Waals surface area contributed by atoms with E-state index in [4.69, 9.17) is 0 Å². The van der Waals surface area contributed by atoms with Crippen LogP contribution in [0.1, 0.15) is 22.8 Å². The summed E-state index contributed by atoms with van der Waals surface area (Å²) in [5.74, 6) is 0.174. The molecule has 9 heteroatoms. The van der Waals surface area contributed by atoms with Crippen molar-refractivity contribution < 1.29 is 4.79 Å². The van der Waals surface area contributed by atoms with Crippen LogP contribution in [0, 0.1) is 0 Å². The normalized spacial score (nSPS) is 11.0. The van der Waals surface area contributed by atoms with Gasteiger partial charge in [-0.3, -0.25) is 14.2 Å². The molecule has 0 aliphatic heterocycles. The van der Waals surface area contributed by atoms with Crippen LogP contribution in [0.4, 0.5) is 5.82 Å². The summed E-state index contributed by atoms with van der Waals surface area (Å²) in [5, 5.41) is 7.46. The number of nitrogens with one attached hydrogen (secondary N) is 2. The number of rotatable bonds is 5. The van der Waals surface area contributed by atoms with Gasteiger partial charge in [0.15, 0.2) is 0 Å². The maximum atomic E-state index is 12.8. The van der Waals surface area contributed by atoms with Gasteiger partial charge in [0.05, 0.1) is 23.6 Å². The zero-order valence-corrected chi connectivity index (χ0v) is 17.6. The molecule has 0 atom stereocenters. The molecule has 0 bridgehead atoms. The number of H-pyrrole nitrogens is 1. The lowest BCUT2D eigenvalue weighted by molar-refractivity contribution is 0.102. The first-order chi connectivity index (χ1) is 14.5. The van der Waals surface area contributed by atoms with Gasteiger partial charge in [-0.1, -0.05) is 28.1 Å². The van der Waals surface area contributed by atoms with E-state index in [1.807, 2.05) is 24.3 Å². The lowest BCUT2D eigenvalue weighted by atomic mass is 10.1. The molecule has 2 aromatic heterocycles. The van der Waals surface area contributed by atoms with Crippen LogP contribution >= 0.6 is 15.9 Å². The van der Waals surface area contributed by atoms with Crippen LogP contribution in [0.25, 0.3) is 10.9 Å². The molecule has 152 valence electrons. The number of fused-ring (bicyclic) bond motifs is 1. The molecule has 0 spiro atoms. The van der Waals surface area contributed by atoms with Gasteiger partial charge in [0.25, 0.3) is 11.5 Å². The number of aromatic amines is 1. The standard InChI is InChI=1S/C21H18BrN5O3/c1-2-26-20(29)16-8-5-14(11-17(16)24-21(26)30)19(28)25-18-9-10-23-27(18)12-13-3-6-15(22)7-4-13/h3-11H,2,12H2,1H3,(H,24,30)(H,25,28). The predicted molar refractivity (Wildman–Crippen MR) is 118 cm³/mol. The minimum Gasteiger partial charge on any atom is -0.307 e. The summed E-state index contributed by atoms with van der Waals surface area (Å²) in [6, 6.07) is 14.2. The van der Waals surface area contributed by atoms with Crippen LogP contribution in [0.2, 0.25) is 0 Å². The average molecular weight is 468 g/mol. The molecule has 2 aromatic carbocycles. The first kappa shape index (κ1) is 19.8. The number of hydrogen-bond donors (Lipinski definition) is 2. The number of halogens is 1. The number of nitrogens with zero attached hydrogens (tertiary/aromatic N) is 3. The molecule has 8 nitrogen and oxygen atoms in total. The number of anilines is 1. The van der Waals surface area contributed by atoms with Crippen LogP contribution in [-0.4, -0.2) is 25.2 Å². The van der Waals surface area contributed by atoms with Gasteiger partial charge in [0.2, 0.25) is 0 Å². The molecule has 4 rings (SSSR count). The van der Waals surface area contributed by atoms with Gasteiger partial charge >= 0.3 is 5.69 Å². The highest BCUT2D eigenvalue weighted by Gasteiger charge is 2.13. The Morgan fingerprint density at radius 2 is 1.90 bits per heavy atom. The molecule has 0 saturated carbocycles. The summed E-state index contributed by atoms with van der Waals surface area (Å²) in [4.78, 5) is 39.9. The van der Waals surface area contributed by atoms with E-state index in [0.717, 1.165) is 14.6 Å². The van der Waals surface area contributed by atoms with Crippen LogP contribution in [0.15, 0.2) is 68.8 Å². The highest BCUT2D eigenvalue weighted by Crippen LogP contribution is 2.16. The van der Waals surface area contributed by atoms with E-state index in [2.05, 4.69) is 31.3 Å². The van der Waals surface area contributed by atoms with Gasteiger partial charge < -0.3 is 10.3 Å². The Bertz CT molecular complexity index is 1350. The molecular formula is C21H18BrN5O3. The summed E-state index contributed by atoms with van der Waals surface area (Å²) in [6.45, 7) is 2.49. The Balaban J connectivity index is 1.60. The Morgan fingerprint density at radius 3 is 2.63 bits per heavy atom. The van der Waals surface area contributed by atoms with Crippen molar-refractivity contribution >= 4 is 38.6 Å². The molecule has 30 heavy (non-hydrogen) atoms. The van der Waals surface area contributed by atoms with Crippen molar-refractivity contribution in [1.82, 2.24) is 19.3 Å². The summed E-state index contributed by atoms with van der Waals surface area (Å²) < 4.78 is 3.78. The van der Waals surface area contributed by atoms with Crippen molar-refractivity contribution in [3.8, 4) is 0 Å². The van der Waals surface area contributed by atoms with Crippen molar-refractivity contribution in [3.05, 3.63) is 91.2 Å². The smallest absolute Gasteiger partial charge is 0.307 e. The Morgan fingerprint density at radius 1 is 1.13 bits per heavy atom. The van der Waals surface area contributed by atoms with Gasteiger partial charge in [-0.25, -0.2) is 9.48 Å². The number of hydrogen-bond acceptors (Lipinski definition) is 4. The molecular weight excluding hydrogens is 450 g/mol. The van der Waals surface area contributed by atoms with E-state index in [1.54, 1.807) is 36.0 Å². The average Bonchev–Trinajstić information content (AvgIpc) is 3.16. The molecule has 0 radical (unpaired) electrons. The van der Waals surface area contributed by atoms with Gasteiger partial charge in [0, 0.05) is 22.6 Å². The maximum Gasteiger partial charge on any atom is 0.328 e. The maximum absolute atomic E-state index is 12.8. The Hall–Kier alpha value is -3.46. The molecule has 0 aliphatic carbocycles. The molecule has 2 N–H and O–H groups in total. The number of carbonyl (C=O) groups is 1.